The summed E-state index contributed by atoms with van der Waals surface area (Å²) in [5, 5.41) is 31.0. The molecule has 0 heterocycles. The molecule has 0 aromatic heterocycles. The van der Waals surface area contributed by atoms with Crippen LogP contribution in [0.1, 0.15) is 61.1 Å². The maximum Gasteiger partial charge on any atom is 0.202 e. The fourth-order valence-electron chi connectivity index (χ4n) is 3.96. The van der Waals surface area contributed by atoms with Gasteiger partial charge in [-0.3, -0.25) is 14.4 Å². The summed E-state index contributed by atoms with van der Waals surface area (Å²) in [5.74, 6) is -2.82. The molecule has 4 rings (SSSR count). The lowest BCUT2D eigenvalue weighted by Crippen LogP contribution is -2.37. The Bertz CT molecular complexity index is 1060. The van der Waals surface area contributed by atoms with Gasteiger partial charge < -0.3 is 20.1 Å². The molecule has 0 saturated heterocycles. The van der Waals surface area contributed by atoms with Crippen LogP contribution in [0.3, 0.4) is 0 Å². The molecule has 7 heteroatoms. The summed E-state index contributed by atoms with van der Waals surface area (Å²) in [5.41, 5.74) is -1.75. The normalized spacial score (nSPS) is 20.8. The third-order valence-corrected chi connectivity index (χ3v) is 5.07. The van der Waals surface area contributed by atoms with Crippen LogP contribution in [0.15, 0.2) is 18.2 Å². The Morgan fingerprint density at radius 1 is 0.963 bits per heavy atom. The van der Waals surface area contributed by atoms with Crippen LogP contribution in [0.5, 0.6) is 17.2 Å². The van der Waals surface area contributed by atoms with Gasteiger partial charge in [0.25, 0.3) is 0 Å². The van der Waals surface area contributed by atoms with Gasteiger partial charge in [-0.05, 0) is 30.7 Å². The van der Waals surface area contributed by atoms with E-state index in [-0.39, 0.29) is 46.4 Å². The summed E-state index contributed by atoms with van der Waals surface area (Å²) in [7, 11) is 1.31. The van der Waals surface area contributed by atoms with E-state index in [4.69, 9.17) is 4.74 Å². The number of carbonyl (C=O) groups excluding carboxylic acids is 3. The van der Waals surface area contributed by atoms with Gasteiger partial charge in [0.1, 0.15) is 5.75 Å². The highest BCUT2D eigenvalue weighted by atomic mass is 16.5. The van der Waals surface area contributed by atoms with Crippen molar-refractivity contribution in [2.75, 3.05) is 7.11 Å². The Hall–Kier alpha value is -3.19. The molecule has 0 aliphatic heterocycles. The number of carbonyl (C=O) groups is 3. The first kappa shape index (κ1) is 17.2. The van der Waals surface area contributed by atoms with Gasteiger partial charge >= 0.3 is 0 Å². The first-order chi connectivity index (χ1) is 12.7. The van der Waals surface area contributed by atoms with Crippen LogP contribution in [-0.4, -0.2) is 45.4 Å². The number of fused-ring (bicyclic) bond motifs is 4. The van der Waals surface area contributed by atoms with Crippen LogP contribution >= 0.6 is 0 Å². The highest BCUT2D eigenvalue weighted by molar-refractivity contribution is 6.33. The lowest BCUT2D eigenvalue weighted by Gasteiger charge is -2.32. The summed E-state index contributed by atoms with van der Waals surface area (Å²) in [6, 6.07) is 3.93. The van der Waals surface area contributed by atoms with Crippen LogP contribution in [0, 0.1) is 0 Å². The topological polar surface area (TPSA) is 121 Å². The molecule has 0 saturated carbocycles. The first-order valence-electron chi connectivity index (χ1n) is 8.30. The Kier molecular flexibility index (Phi) is 3.45. The molecule has 2 aromatic rings. The van der Waals surface area contributed by atoms with Crippen molar-refractivity contribution < 1.29 is 34.4 Å². The van der Waals surface area contributed by atoms with Crippen molar-refractivity contribution in [1.82, 2.24) is 0 Å². The van der Waals surface area contributed by atoms with E-state index in [0.717, 1.165) is 0 Å². The number of Topliss-reactive ketones (excluding diaryl/α,β-unsaturated/α-hetero) is 1. The summed E-state index contributed by atoms with van der Waals surface area (Å²) >= 11 is 0. The van der Waals surface area contributed by atoms with Crippen LogP contribution < -0.4 is 4.74 Å². The molecule has 0 amide bonds. The number of ketones is 3. The van der Waals surface area contributed by atoms with Gasteiger partial charge in [0.2, 0.25) is 5.78 Å². The average molecular weight is 368 g/mol. The van der Waals surface area contributed by atoms with Crippen LogP contribution in [-0.2, 0) is 6.42 Å². The molecule has 2 aromatic carbocycles. The van der Waals surface area contributed by atoms with Gasteiger partial charge in [-0.25, -0.2) is 0 Å². The maximum atomic E-state index is 13.1. The molecular formula is C20H16O7. The molecule has 0 bridgehead atoms. The van der Waals surface area contributed by atoms with Crippen molar-refractivity contribution in [1.29, 1.82) is 0 Å². The van der Waals surface area contributed by atoms with Crippen molar-refractivity contribution >= 4 is 17.3 Å². The number of methoxy groups -OCH3 is 1. The molecule has 0 unspecified atom stereocenters. The molecule has 27 heavy (non-hydrogen) atoms. The number of hydrogen-bond acceptors (Lipinski definition) is 7. The largest absolute Gasteiger partial charge is 0.507 e. The molecule has 3 N–H and O–H groups in total. The minimum Gasteiger partial charge on any atom is -0.507 e. The second kappa shape index (κ2) is 5.40. The zero-order chi connectivity index (χ0) is 19.7. The number of aromatic hydroxyl groups is 2. The molecule has 2 aliphatic carbocycles. The number of benzene rings is 2. The lowest BCUT2D eigenvalue weighted by atomic mass is 9.73. The number of phenols is 2. The van der Waals surface area contributed by atoms with Crippen LogP contribution in [0.25, 0.3) is 0 Å². The predicted octanol–water partition coefficient (Wildman–Crippen LogP) is 1.76. The third kappa shape index (κ3) is 2.28. The van der Waals surface area contributed by atoms with E-state index in [1.165, 1.54) is 32.2 Å². The van der Waals surface area contributed by atoms with E-state index < -0.39 is 34.4 Å². The Morgan fingerprint density at radius 3 is 2.33 bits per heavy atom. The van der Waals surface area contributed by atoms with E-state index >= 15 is 0 Å². The summed E-state index contributed by atoms with van der Waals surface area (Å²) < 4.78 is 4.99. The van der Waals surface area contributed by atoms with Crippen molar-refractivity contribution in [3.05, 3.63) is 51.6 Å². The second-order valence-electron chi connectivity index (χ2n) is 7.15. The van der Waals surface area contributed by atoms with Gasteiger partial charge in [-0.15, -0.1) is 0 Å². The van der Waals surface area contributed by atoms with Gasteiger partial charge in [-0.2, -0.15) is 0 Å². The lowest BCUT2D eigenvalue weighted by molar-refractivity contribution is 0.0409. The molecular weight excluding hydrogens is 352 g/mol. The smallest absolute Gasteiger partial charge is 0.202 e. The molecule has 2 aliphatic rings. The van der Waals surface area contributed by atoms with E-state index in [0.29, 0.717) is 5.56 Å². The number of phenolic OH excluding ortho intramolecular Hbond substituents is 2. The number of ether oxygens (including phenoxy) is 1. The van der Waals surface area contributed by atoms with Gasteiger partial charge in [0.05, 0.1) is 23.8 Å². The predicted molar refractivity (Wildman–Crippen MR) is 92.9 cm³/mol. The van der Waals surface area contributed by atoms with E-state index in [9.17, 15) is 29.7 Å². The third-order valence-electron chi connectivity index (χ3n) is 5.07. The zero-order valence-corrected chi connectivity index (χ0v) is 14.6. The van der Waals surface area contributed by atoms with E-state index in [1.807, 2.05) is 0 Å². The summed E-state index contributed by atoms with van der Waals surface area (Å²) in [6.07, 6.45) is -0.128. The molecule has 0 radical (unpaired) electrons. The average Bonchev–Trinajstić information content (AvgIpc) is 2.57. The van der Waals surface area contributed by atoms with Crippen LogP contribution in [0.2, 0.25) is 0 Å². The summed E-state index contributed by atoms with van der Waals surface area (Å²) in [6.45, 7) is 1.50. The summed E-state index contributed by atoms with van der Waals surface area (Å²) in [4.78, 5) is 38.7. The standard InChI is InChI=1S/C20H16O7/c1-20(26)6-8-5-10(21)15-16(13(8)11(22)7-20)17(23)9-3-4-12(27-2)18(24)14(9)19(15)25/h3-5,21,24,26H,6-7H2,1-2H3/t20-/m1/s1. The van der Waals surface area contributed by atoms with Crippen molar-refractivity contribution in [2.45, 2.75) is 25.4 Å². The Labute approximate surface area is 153 Å². The molecule has 0 fully saturated rings. The number of rotatable bonds is 1. The number of aliphatic hydroxyl groups is 1. The van der Waals surface area contributed by atoms with Crippen LogP contribution in [0.4, 0.5) is 0 Å². The fraction of sp³-hybridized carbons (Fsp3) is 0.250. The first-order valence-corrected chi connectivity index (χ1v) is 8.30. The minimum atomic E-state index is -1.30. The van der Waals surface area contributed by atoms with Crippen molar-refractivity contribution in [3.63, 3.8) is 0 Å². The molecule has 138 valence electrons. The van der Waals surface area contributed by atoms with Gasteiger partial charge in [0.15, 0.2) is 23.1 Å². The van der Waals surface area contributed by atoms with Crippen molar-refractivity contribution in [2.24, 2.45) is 0 Å². The Balaban J connectivity index is 2.04. The highest BCUT2D eigenvalue weighted by Gasteiger charge is 2.42. The minimum absolute atomic E-state index is 0.0166. The van der Waals surface area contributed by atoms with Crippen molar-refractivity contribution in [3.8, 4) is 17.2 Å². The maximum absolute atomic E-state index is 13.1. The van der Waals surface area contributed by atoms with Gasteiger partial charge in [-0.1, -0.05) is 0 Å². The Morgan fingerprint density at radius 2 is 1.67 bits per heavy atom. The zero-order valence-electron chi connectivity index (χ0n) is 14.6. The monoisotopic (exact) mass is 368 g/mol. The number of hydrogen-bond donors (Lipinski definition) is 3. The molecule has 7 nitrogen and oxygen atoms in total. The SMILES string of the molecule is COc1ccc2c(c1O)C(=O)c1c(O)cc3c(c1C2=O)C(=O)C[C@](C)(O)C3. The molecule has 1 atom stereocenters. The van der Waals surface area contributed by atoms with E-state index in [1.54, 1.807) is 0 Å². The van der Waals surface area contributed by atoms with E-state index in [2.05, 4.69) is 0 Å². The van der Waals surface area contributed by atoms with Gasteiger partial charge in [0, 0.05) is 29.5 Å². The highest BCUT2D eigenvalue weighted by Crippen LogP contribution is 2.44. The fourth-order valence-corrected chi connectivity index (χ4v) is 3.96. The second-order valence-corrected chi connectivity index (χ2v) is 7.15. The molecule has 0 spiro atoms. The quantitative estimate of drug-likeness (QED) is 0.598.